The zero-order chi connectivity index (χ0) is 19.8. The quantitative estimate of drug-likeness (QED) is 0.776. The molecule has 0 radical (unpaired) electrons. The van der Waals surface area contributed by atoms with Gasteiger partial charge >= 0.3 is 12.1 Å². The Morgan fingerprint density at radius 2 is 1.74 bits per heavy atom. The molecule has 2 aromatic carbocycles. The van der Waals surface area contributed by atoms with Gasteiger partial charge in [-0.2, -0.15) is 13.2 Å². The Bertz CT molecular complexity index is 973. The largest absolute Gasteiger partial charge is 0.508 e. The van der Waals surface area contributed by atoms with Gasteiger partial charge in [0.15, 0.2) is 0 Å². The Balaban J connectivity index is 1.85. The summed E-state index contributed by atoms with van der Waals surface area (Å²) in [5, 5.41) is 9.24. The molecule has 0 aromatic heterocycles. The van der Waals surface area contributed by atoms with Gasteiger partial charge in [0.2, 0.25) is 0 Å². The molecular formula is C17H15F3N2O4S. The number of nitrogens with one attached hydrogen (secondary N) is 1. The zero-order valence-corrected chi connectivity index (χ0v) is 14.6. The van der Waals surface area contributed by atoms with Crippen LogP contribution in [0.25, 0.3) is 0 Å². The number of sulfonamides is 1. The number of alkyl halides is 3. The molecule has 0 saturated carbocycles. The summed E-state index contributed by atoms with van der Waals surface area (Å²) in [5.74, 6) is -1.97. The van der Waals surface area contributed by atoms with Gasteiger partial charge in [-0.25, -0.2) is 8.42 Å². The number of hydrogen-bond acceptors (Lipinski definition) is 4. The van der Waals surface area contributed by atoms with Crippen LogP contribution in [0.2, 0.25) is 0 Å². The number of halogens is 3. The van der Waals surface area contributed by atoms with Crippen molar-refractivity contribution in [3.05, 3.63) is 53.6 Å². The number of carbonyl (C=O) groups is 1. The predicted molar refractivity (Wildman–Crippen MR) is 90.5 cm³/mol. The molecule has 1 aliphatic rings. The lowest BCUT2D eigenvalue weighted by Crippen LogP contribution is -2.43. The third-order valence-electron chi connectivity index (χ3n) is 4.15. The van der Waals surface area contributed by atoms with E-state index in [-0.39, 0.29) is 35.8 Å². The Morgan fingerprint density at radius 1 is 1.07 bits per heavy atom. The van der Waals surface area contributed by atoms with Crippen LogP contribution < -0.4 is 4.72 Å². The smallest absolute Gasteiger partial charge is 0.471 e. The number of rotatable bonds is 3. The minimum atomic E-state index is -4.97. The molecule has 3 rings (SSSR count). The van der Waals surface area contributed by atoms with Crippen LogP contribution in [0.1, 0.15) is 11.1 Å². The van der Waals surface area contributed by atoms with Gasteiger partial charge in [0.25, 0.3) is 10.0 Å². The summed E-state index contributed by atoms with van der Waals surface area (Å²) in [6, 6.07) is 9.54. The summed E-state index contributed by atoms with van der Waals surface area (Å²) in [6.45, 7) is -0.389. The maximum absolute atomic E-state index is 12.6. The van der Waals surface area contributed by atoms with Crippen molar-refractivity contribution in [2.75, 3.05) is 11.3 Å². The maximum atomic E-state index is 12.6. The van der Waals surface area contributed by atoms with Gasteiger partial charge in [-0.15, -0.1) is 0 Å². The van der Waals surface area contributed by atoms with Crippen LogP contribution in [-0.2, 0) is 27.8 Å². The summed E-state index contributed by atoms with van der Waals surface area (Å²) in [5.41, 5.74) is 1.27. The van der Waals surface area contributed by atoms with Crippen LogP contribution in [0.15, 0.2) is 47.4 Å². The van der Waals surface area contributed by atoms with E-state index in [0.717, 1.165) is 0 Å². The SMILES string of the molecule is O=C(N1CCc2ccc(S(=O)(=O)Nc3ccc(O)cc3)cc2C1)C(F)(F)F. The Labute approximate surface area is 153 Å². The number of hydrogen-bond donors (Lipinski definition) is 2. The Morgan fingerprint density at radius 3 is 2.37 bits per heavy atom. The van der Waals surface area contributed by atoms with E-state index in [0.29, 0.717) is 16.0 Å². The van der Waals surface area contributed by atoms with Gasteiger partial charge in [0.05, 0.1) is 4.90 Å². The summed E-state index contributed by atoms with van der Waals surface area (Å²) < 4.78 is 65.3. The van der Waals surface area contributed by atoms with Gasteiger partial charge in [-0.3, -0.25) is 9.52 Å². The predicted octanol–water partition coefficient (Wildman–Crippen LogP) is 2.64. The summed E-state index contributed by atoms with van der Waals surface area (Å²) in [4.78, 5) is 12.0. The number of carbonyl (C=O) groups excluding carboxylic acids is 1. The average Bonchev–Trinajstić information content (AvgIpc) is 2.61. The second kappa shape index (κ2) is 6.76. The number of phenols is 1. The summed E-state index contributed by atoms with van der Waals surface area (Å²) in [7, 11) is -3.98. The minimum absolute atomic E-state index is 0.0267. The number of benzene rings is 2. The van der Waals surface area contributed by atoms with Crippen molar-refractivity contribution < 1.29 is 31.5 Å². The molecular weight excluding hydrogens is 385 g/mol. The van der Waals surface area contributed by atoms with E-state index < -0.39 is 22.1 Å². The monoisotopic (exact) mass is 400 g/mol. The van der Waals surface area contributed by atoms with E-state index in [1.165, 1.54) is 42.5 Å². The molecule has 0 fully saturated rings. The first-order valence-corrected chi connectivity index (χ1v) is 9.34. The second-order valence-electron chi connectivity index (χ2n) is 6.06. The first-order chi connectivity index (χ1) is 12.6. The molecule has 0 aliphatic carbocycles. The molecule has 0 unspecified atom stereocenters. The number of anilines is 1. The number of aromatic hydroxyl groups is 1. The summed E-state index contributed by atoms with van der Waals surface area (Å²) in [6.07, 6.45) is -4.76. The van der Waals surface area contributed by atoms with Gasteiger partial charge < -0.3 is 10.0 Å². The fourth-order valence-corrected chi connectivity index (χ4v) is 3.91. The van der Waals surface area contributed by atoms with Gasteiger partial charge in [0.1, 0.15) is 5.75 Å². The molecule has 144 valence electrons. The minimum Gasteiger partial charge on any atom is -0.508 e. The highest BCUT2D eigenvalue weighted by Gasteiger charge is 2.43. The molecule has 1 amide bonds. The van der Waals surface area contributed by atoms with Gasteiger partial charge in [-0.05, 0) is 53.9 Å². The van der Waals surface area contributed by atoms with E-state index in [9.17, 15) is 31.5 Å². The molecule has 0 spiro atoms. The molecule has 0 atom stereocenters. The first-order valence-electron chi connectivity index (χ1n) is 7.86. The Hall–Kier alpha value is -2.75. The number of phenolic OH excluding ortho intramolecular Hbond substituents is 1. The van der Waals surface area contributed by atoms with Crippen molar-refractivity contribution in [1.82, 2.24) is 4.90 Å². The van der Waals surface area contributed by atoms with Gasteiger partial charge in [-0.1, -0.05) is 6.07 Å². The first kappa shape index (κ1) is 19.0. The molecule has 10 heteroatoms. The van der Waals surface area contributed by atoms with Crippen LogP contribution in [0.3, 0.4) is 0 Å². The molecule has 6 nitrogen and oxygen atoms in total. The highest BCUT2D eigenvalue weighted by molar-refractivity contribution is 7.92. The van der Waals surface area contributed by atoms with Crippen LogP contribution in [0, 0.1) is 0 Å². The third-order valence-corrected chi connectivity index (χ3v) is 5.53. The lowest BCUT2D eigenvalue weighted by atomic mass is 10.00. The molecule has 1 aliphatic heterocycles. The van der Waals surface area contributed by atoms with Crippen LogP contribution in [-0.4, -0.2) is 37.1 Å². The van der Waals surface area contributed by atoms with E-state index in [4.69, 9.17) is 0 Å². The Kier molecular flexibility index (Phi) is 4.77. The average molecular weight is 400 g/mol. The normalized spacial score (nSPS) is 14.6. The topological polar surface area (TPSA) is 86.7 Å². The number of fused-ring (bicyclic) bond motifs is 1. The van der Waals surface area contributed by atoms with Crippen molar-refractivity contribution in [3.63, 3.8) is 0 Å². The van der Waals surface area contributed by atoms with Crippen molar-refractivity contribution in [2.45, 2.75) is 24.0 Å². The zero-order valence-electron chi connectivity index (χ0n) is 13.8. The molecule has 2 aromatic rings. The van der Waals surface area contributed by atoms with Crippen molar-refractivity contribution in [2.24, 2.45) is 0 Å². The number of nitrogens with zero attached hydrogens (tertiary/aromatic N) is 1. The fourth-order valence-electron chi connectivity index (χ4n) is 2.80. The van der Waals surface area contributed by atoms with E-state index in [2.05, 4.69) is 4.72 Å². The second-order valence-corrected chi connectivity index (χ2v) is 7.74. The fraction of sp³-hybridized carbons (Fsp3) is 0.235. The van der Waals surface area contributed by atoms with E-state index in [1.807, 2.05) is 0 Å². The lowest BCUT2D eigenvalue weighted by Gasteiger charge is -2.29. The third kappa shape index (κ3) is 4.16. The molecule has 0 saturated heterocycles. The van der Waals surface area contributed by atoms with Crippen LogP contribution >= 0.6 is 0 Å². The molecule has 27 heavy (non-hydrogen) atoms. The van der Waals surface area contributed by atoms with Crippen molar-refractivity contribution in [1.29, 1.82) is 0 Å². The van der Waals surface area contributed by atoms with Crippen LogP contribution in [0.5, 0.6) is 5.75 Å². The highest BCUT2D eigenvalue weighted by atomic mass is 32.2. The summed E-state index contributed by atoms with van der Waals surface area (Å²) >= 11 is 0. The molecule has 1 heterocycles. The lowest BCUT2D eigenvalue weighted by molar-refractivity contribution is -0.186. The van der Waals surface area contributed by atoms with Crippen molar-refractivity contribution >= 4 is 21.6 Å². The molecule has 0 bridgehead atoms. The highest BCUT2D eigenvalue weighted by Crippen LogP contribution is 2.27. The maximum Gasteiger partial charge on any atom is 0.471 e. The van der Waals surface area contributed by atoms with E-state index >= 15 is 0 Å². The van der Waals surface area contributed by atoms with Crippen LogP contribution in [0.4, 0.5) is 18.9 Å². The number of amides is 1. The molecule has 2 N–H and O–H groups in total. The van der Waals surface area contributed by atoms with Crippen molar-refractivity contribution in [3.8, 4) is 5.75 Å². The standard InChI is InChI=1S/C17H15F3N2O4S/c18-17(19,20)16(24)22-8-7-11-1-6-15(9-12(11)10-22)27(25,26)21-13-2-4-14(23)5-3-13/h1-6,9,21,23H,7-8,10H2. The van der Waals surface area contributed by atoms with Gasteiger partial charge in [0, 0.05) is 18.8 Å². The van der Waals surface area contributed by atoms with E-state index in [1.54, 1.807) is 0 Å².